The van der Waals surface area contributed by atoms with E-state index in [-0.39, 0.29) is 22.0 Å². The van der Waals surface area contributed by atoms with Crippen molar-refractivity contribution in [2.75, 3.05) is 5.32 Å². The molecule has 2 N–H and O–H groups in total. The Kier molecular flexibility index (Phi) is 4.25. The Morgan fingerprint density at radius 3 is 2.78 bits per heavy atom. The normalized spacial score (nSPS) is 10.9. The second kappa shape index (κ2) is 6.73. The molecule has 2 heterocycles. The maximum Gasteiger partial charge on any atom is 0.258 e. The van der Waals surface area contributed by atoms with Crippen LogP contribution in [-0.4, -0.2) is 15.9 Å². The number of nitrogens with zero attached hydrogens (tertiary/aromatic N) is 1. The van der Waals surface area contributed by atoms with E-state index in [1.807, 2.05) is 0 Å². The van der Waals surface area contributed by atoms with E-state index >= 15 is 0 Å². The summed E-state index contributed by atoms with van der Waals surface area (Å²) in [5, 5.41) is 4.92. The number of carbonyl (C=O) groups excluding carboxylic acids is 1. The molecule has 1 amide bonds. The van der Waals surface area contributed by atoms with Crippen LogP contribution in [0, 0.1) is 11.6 Å². The zero-order valence-electron chi connectivity index (χ0n) is 13.6. The number of rotatable bonds is 3. The molecular weight excluding hydrogens is 372 g/mol. The summed E-state index contributed by atoms with van der Waals surface area (Å²) in [6.07, 6.45) is 0. The van der Waals surface area contributed by atoms with Crippen LogP contribution in [0.5, 0.6) is 0 Å². The molecule has 8 heteroatoms. The van der Waals surface area contributed by atoms with Crippen molar-refractivity contribution in [3.63, 3.8) is 0 Å². The summed E-state index contributed by atoms with van der Waals surface area (Å²) >= 11 is 1.07. The van der Waals surface area contributed by atoms with E-state index in [0.717, 1.165) is 29.5 Å². The number of halogens is 2. The highest BCUT2D eigenvalue weighted by molar-refractivity contribution is 7.14. The van der Waals surface area contributed by atoms with Crippen LogP contribution < -0.4 is 10.9 Å². The Balaban J connectivity index is 1.66. The van der Waals surface area contributed by atoms with Crippen LogP contribution in [0.25, 0.3) is 22.2 Å². The number of hydrogen-bond acceptors (Lipinski definition) is 4. The van der Waals surface area contributed by atoms with Gasteiger partial charge in [0.05, 0.1) is 11.3 Å². The minimum absolute atomic E-state index is 0.00774. The van der Waals surface area contributed by atoms with Gasteiger partial charge < -0.3 is 4.98 Å². The predicted octanol–water partition coefficient (Wildman–Crippen LogP) is 4.18. The number of H-pyrrole nitrogens is 1. The van der Waals surface area contributed by atoms with E-state index in [2.05, 4.69) is 15.3 Å². The fraction of sp³-hybridized carbons (Fsp3) is 0. The van der Waals surface area contributed by atoms with Crippen LogP contribution in [0.3, 0.4) is 0 Å². The van der Waals surface area contributed by atoms with E-state index < -0.39 is 23.1 Å². The van der Waals surface area contributed by atoms with Crippen LogP contribution in [0.1, 0.15) is 10.4 Å². The summed E-state index contributed by atoms with van der Waals surface area (Å²) in [6, 6.07) is 11.2. The second-order valence-corrected chi connectivity index (χ2v) is 6.57. The fourth-order valence-electron chi connectivity index (χ4n) is 2.71. The van der Waals surface area contributed by atoms with Gasteiger partial charge in [-0.25, -0.2) is 13.8 Å². The molecule has 0 aliphatic heterocycles. The number of carbonyl (C=O) groups is 1. The number of anilines is 1. The Hall–Kier alpha value is -3.39. The SMILES string of the molecule is O=C(Nc1nc(-c2cc(F)ccc2F)cs1)c1cc(=O)[nH]c2ccccc12. The zero-order valence-corrected chi connectivity index (χ0v) is 14.4. The first kappa shape index (κ1) is 17.0. The highest BCUT2D eigenvalue weighted by atomic mass is 32.1. The van der Waals surface area contributed by atoms with Gasteiger partial charge in [-0.15, -0.1) is 11.3 Å². The van der Waals surface area contributed by atoms with Crippen LogP contribution in [0.4, 0.5) is 13.9 Å². The van der Waals surface area contributed by atoms with Crippen molar-refractivity contribution >= 4 is 33.3 Å². The standard InChI is InChI=1S/C19H11F2N3O2S/c20-10-5-6-14(21)13(7-10)16-9-27-19(23-16)24-18(26)12-8-17(25)22-15-4-2-1-3-11(12)15/h1-9H,(H,22,25)(H,23,24,26). The summed E-state index contributed by atoms with van der Waals surface area (Å²) in [7, 11) is 0. The lowest BCUT2D eigenvalue weighted by Gasteiger charge is -2.05. The van der Waals surface area contributed by atoms with Crippen LogP contribution in [0.15, 0.2) is 58.7 Å². The second-order valence-electron chi connectivity index (χ2n) is 5.71. The van der Waals surface area contributed by atoms with Crippen molar-refractivity contribution in [1.29, 1.82) is 0 Å². The molecule has 0 saturated heterocycles. The van der Waals surface area contributed by atoms with Gasteiger partial charge in [-0.2, -0.15) is 0 Å². The van der Waals surface area contributed by atoms with Crippen LogP contribution >= 0.6 is 11.3 Å². The lowest BCUT2D eigenvalue weighted by Crippen LogP contribution is -2.16. The van der Waals surface area contributed by atoms with E-state index in [1.54, 1.807) is 24.3 Å². The molecule has 0 radical (unpaired) electrons. The average Bonchev–Trinajstić information content (AvgIpc) is 3.11. The summed E-state index contributed by atoms with van der Waals surface area (Å²) < 4.78 is 27.2. The van der Waals surface area contributed by atoms with Gasteiger partial charge in [0, 0.05) is 27.9 Å². The molecular formula is C19H11F2N3O2S. The van der Waals surface area contributed by atoms with E-state index in [9.17, 15) is 18.4 Å². The third-order valence-corrected chi connectivity index (χ3v) is 4.68. The number of benzene rings is 2. The number of hydrogen-bond donors (Lipinski definition) is 2. The van der Waals surface area contributed by atoms with Crippen molar-refractivity contribution in [3.05, 3.63) is 81.5 Å². The Morgan fingerprint density at radius 1 is 1.11 bits per heavy atom. The van der Waals surface area contributed by atoms with Crippen molar-refractivity contribution in [3.8, 4) is 11.3 Å². The number of pyridine rings is 1. The largest absolute Gasteiger partial charge is 0.322 e. The molecule has 2 aromatic heterocycles. The average molecular weight is 383 g/mol. The quantitative estimate of drug-likeness (QED) is 0.557. The van der Waals surface area contributed by atoms with Crippen molar-refractivity contribution in [1.82, 2.24) is 9.97 Å². The molecule has 4 aromatic rings. The smallest absolute Gasteiger partial charge is 0.258 e. The zero-order chi connectivity index (χ0) is 19.0. The molecule has 2 aromatic carbocycles. The highest BCUT2D eigenvalue weighted by Crippen LogP contribution is 2.28. The molecule has 0 bridgehead atoms. The van der Waals surface area contributed by atoms with Gasteiger partial charge in [0.15, 0.2) is 5.13 Å². The lowest BCUT2D eigenvalue weighted by atomic mass is 10.1. The molecule has 0 aliphatic carbocycles. The minimum atomic E-state index is -0.611. The minimum Gasteiger partial charge on any atom is -0.322 e. The first-order chi connectivity index (χ1) is 13.0. The molecule has 0 spiro atoms. The summed E-state index contributed by atoms with van der Waals surface area (Å²) in [6.45, 7) is 0. The van der Waals surface area contributed by atoms with Crippen LogP contribution in [-0.2, 0) is 0 Å². The topological polar surface area (TPSA) is 74.8 Å². The lowest BCUT2D eigenvalue weighted by molar-refractivity contribution is 0.102. The monoisotopic (exact) mass is 383 g/mol. The van der Waals surface area contributed by atoms with Gasteiger partial charge >= 0.3 is 0 Å². The molecule has 27 heavy (non-hydrogen) atoms. The van der Waals surface area contributed by atoms with Crippen LogP contribution in [0.2, 0.25) is 0 Å². The Morgan fingerprint density at radius 2 is 1.93 bits per heavy atom. The number of fused-ring (bicyclic) bond motifs is 1. The number of para-hydroxylation sites is 1. The fourth-order valence-corrected chi connectivity index (χ4v) is 3.41. The van der Waals surface area contributed by atoms with Gasteiger partial charge in [-0.05, 0) is 24.3 Å². The van der Waals surface area contributed by atoms with Crippen molar-refractivity contribution < 1.29 is 13.6 Å². The number of amides is 1. The first-order valence-electron chi connectivity index (χ1n) is 7.85. The van der Waals surface area contributed by atoms with Gasteiger partial charge in [0.25, 0.3) is 5.91 Å². The number of thiazole rings is 1. The third kappa shape index (κ3) is 3.34. The number of aromatic amines is 1. The molecule has 134 valence electrons. The molecule has 4 rings (SSSR count). The van der Waals surface area contributed by atoms with E-state index in [0.29, 0.717) is 10.9 Å². The summed E-state index contributed by atoms with van der Waals surface area (Å²) in [5.74, 6) is -1.71. The molecule has 0 saturated carbocycles. The number of aromatic nitrogens is 2. The highest BCUT2D eigenvalue weighted by Gasteiger charge is 2.15. The summed E-state index contributed by atoms with van der Waals surface area (Å²) in [4.78, 5) is 31.2. The maximum atomic E-state index is 13.9. The first-order valence-corrected chi connectivity index (χ1v) is 8.73. The van der Waals surface area contributed by atoms with Gasteiger partial charge in [0.1, 0.15) is 11.6 Å². The van der Waals surface area contributed by atoms with Crippen molar-refractivity contribution in [2.45, 2.75) is 0 Å². The molecule has 0 unspecified atom stereocenters. The summed E-state index contributed by atoms with van der Waals surface area (Å²) in [5.41, 5.74) is 0.553. The maximum absolute atomic E-state index is 13.9. The van der Waals surface area contributed by atoms with E-state index in [1.165, 1.54) is 11.4 Å². The van der Waals surface area contributed by atoms with Gasteiger partial charge in [0.2, 0.25) is 5.56 Å². The van der Waals surface area contributed by atoms with E-state index in [4.69, 9.17) is 0 Å². The van der Waals surface area contributed by atoms with Gasteiger partial charge in [-0.1, -0.05) is 18.2 Å². The Labute approximate surface area is 155 Å². The third-order valence-electron chi connectivity index (χ3n) is 3.92. The number of nitrogens with one attached hydrogen (secondary N) is 2. The predicted molar refractivity (Wildman–Crippen MR) is 100.0 cm³/mol. The molecule has 0 fully saturated rings. The van der Waals surface area contributed by atoms with Gasteiger partial charge in [-0.3, -0.25) is 14.9 Å². The molecule has 0 atom stereocenters. The molecule has 0 aliphatic rings. The molecule has 5 nitrogen and oxygen atoms in total. The van der Waals surface area contributed by atoms with Crippen molar-refractivity contribution in [2.24, 2.45) is 0 Å². The Bertz CT molecular complexity index is 1230.